The Morgan fingerprint density at radius 2 is 2.10 bits per heavy atom. The van der Waals surface area contributed by atoms with Crippen LogP contribution >= 0.6 is 15.9 Å². The number of rotatable bonds is 4. The molecule has 1 N–H and O–H groups in total. The van der Waals surface area contributed by atoms with Gasteiger partial charge in [0, 0.05) is 29.1 Å². The van der Waals surface area contributed by atoms with Crippen molar-refractivity contribution in [2.24, 2.45) is 5.92 Å². The Balaban J connectivity index is 2.14. The van der Waals surface area contributed by atoms with Crippen LogP contribution in [0.5, 0.6) is 0 Å². The molecule has 0 spiro atoms. The third kappa shape index (κ3) is 4.03. The van der Waals surface area contributed by atoms with E-state index in [4.69, 9.17) is 0 Å². The van der Waals surface area contributed by atoms with Crippen LogP contribution in [0.2, 0.25) is 0 Å². The Morgan fingerprint density at radius 1 is 1.38 bits per heavy atom. The van der Waals surface area contributed by atoms with E-state index < -0.39 is 4.92 Å². The number of hydrogen-bond acceptors (Lipinski definition) is 3. The van der Waals surface area contributed by atoms with Crippen LogP contribution < -0.4 is 5.32 Å². The Kier molecular flexibility index (Phi) is 5.33. The molecule has 2 unspecified atom stereocenters. The second-order valence-corrected chi connectivity index (χ2v) is 6.24. The highest BCUT2D eigenvalue weighted by atomic mass is 79.9. The number of nitrogens with zero attached hydrogens (tertiary/aromatic N) is 1. The van der Waals surface area contributed by atoms with Crippen molar-refractivity contribution in [2.75, 3.05) is 5.33 Å². The summed E-state index contributed by atoms with van der Waals surface area (Å²) in [7, 11) is 0. The van der Waals surface area contributed by atoms with Gasteiger partial charge in [-0.25, -0.2) is 0 Å². The first-order valence-corrected chi connectivity index (χ1v) is 8.26. The molecule has 2 atom stereocenters. The largest absolute Gasteiger partial charge is 0.349 e. The summed E-state index contributed by atoms with van der Waals surface area (Å²) in [5.41, 5.74) is 1.04. The van der Waals surface area contributed by atoms with Gasteiger partial charge in [0.15, 0.2) is 0 Å². The smallest absolute Gasteiger partial charge is 0.270 e. The van der Waals surface area contributed by atoms with Gasteiger partial charge in [-0.3, -0.25) is 14.9 Å². The lowest BCUT2D eigenvalue weighted by Crippen LogP contribution is -2.42. The molecule has 0 aromatic heterocycles. The number of benzene rings is 1. The standard InChI is InChI=1S/C15H19BrN2O3/c1-10-6-12(8-13(7-10)18(20)21)15(19)17-14-5-3-2-4-11(14)9-16/h6-8,11,14H,2-5,9H2,1H3,(H,17,19). The van der Waals surface area contributed by atoms with Crippen molar-refractivity contribution >= 4 is 27.5 Å². The molecule has 0 aliphatic heterocycles. The monoisotopic (exact) mass is 354 g/mol. The van der Waals surface area contributed by atoms with E-state index in [-0.39, 0.29) is 17.6 Å². The minimum atomic E-state index is -0.467. The summed E-state index contributed by atoms with van der Waals surface area (Å²) < 4.78 is 0. The predicted molar refractivity (Wildman–Crippen MR) is 84.8 cm³/mol. The van der Waals surface area contributed by atoms with E-state index in [2.05, 4.69) is 21.2 Å². The molecular weight excluding hydrogens is 336 g/mol. The van der Waals surface area contributed by atoms with Gasteiger partial charge in [0.25, 0.3) is 11.6 Å². The average molecular weight is 355 g/mol. The average Bonchev–Trinajstić information content (AvgIpc) is 2.47. The molecular formula is C15H19BrN2O3. The Morgan fingerprint density at radius 3 is 2.76 bits per heavy atom. The molecule has 0 radical (unpaired) electrons. The Labute approximate surface area is 132 Å². The van der Waals surface area contributed by atoms with Crippen LogP contribution in [0.4, 0.5) is 5.69 Å². The van der Waals surface area contributed by atoms with E-state index >= 15 is 0 Å². The third-order valence-electron chi connectivity index (χ3n) is 3.96. The van der Waals surface area contributed by atoms with Crippen LogP contribution in [-0.2, 0) is 0 Å². The molecule has 1 fully saturated rings. The summed E-state index contributed by atoms with van der Waals surface area (Å²) in [6.45, 7) is 1.76. The SMILES string of the molecule is Cc1cc(C(=O)NC2CCCCC2CBr)cc([N+](=O)[O-])c1. The summed E-state index contributed by atoms with van der Waals surface area (Å²) >= 11 is 3.50. The van der Waals surface area contributed by atoms with Gasteiger partial charge >= 0.3 is 0 Å². The number of nitro groups is 1. The molecule has 1 aliphatic carbocycles. The second kappa shape index (κ2) is 7.02. The first kappa shape index (κ1) is 15.9. The summed E-state index contributed by atoms with van der Waals surface area (Å²) in [6, 6.07) is 4.64. The summed E-state index contributed by atoms with van der Waals surface area (Å²) in [4.78, 5) is 22.8. The van der Waals surface area contributed by atoms with Crippen molar-refractivity contribution in [1.82, 2.24) is 5.32 Å². The van der Waals surface area contributed by atoms with Gasteiger partial charge in [0.2, 0.25) is 0 Å². The zero-order valence-electron chi connectivity index (χ0n) is 12.0. The van der Waals surface area contributed by atoms with Gasteiger partial charge in [-0.2, -0.15) is 0 Å². The number of nitrogens with one attached hydrogen (secondary N) is 1. The molecule has 5 nitrogen and oxygen atoms in total. The van der Waals surface area contributed by atoms with Crippen LogP contribution in [0.15, 0.2) is 18.2 Å². The molecule has 1 aliphatic rings. The van der Waals surface area contributed by atoms with Crippen LogP contribution in [0, 0.1) is 23.0 Å². The number of carbonyl (C=O) groups is 1. The molecule has 2 rings (SSSR count). The molecule has 1 aromatic carbocycles. The zero-order chi connectivity index (χ0) is 15.4. The van der Waals surface area contributed by atoms with E-state index in [9.17, 15) is 14.9 Å². The maximum absolute atomic E-state index is 12.4. The van der Waals surface area contributed by atoms with E-state index in [1.54, 1.807) is 13.0 Å². The van der Waals surface area contributed by atoms with Gasteiger partial charge < -0.3 is 5.32 Å². The van der Waals surface area contributed by atoms with Crippen molar-refractivity contribution in [2.45, 2.75) is 38.6 Å². The number of halogens is 1. The molecule has 0 heterocycles. The van der Waals surface area contributed by atoms with Gasteiger partial charge in [-0.1, -0.05) is 28.8 Å². The number of hydrogen-bond donors (Lipinski definition) is 1. The normalized spacial score (nSPS) is 21.8. The quantitative estimate of drug-likeness (QED) is 0.510. The highest BCUT2D eigenvalue weighted by molar-refractivity contribution is 9.09. The number of aryl methyl sites for hydroxylation is 1. The fraction of sp³-hybridized carbons (Fsp3) is 0.533. The molecule has 1 amide bonds. The van der Waals surface area contributed by atoms with Crippen molar-refractivity contribution < 1.29 is 9.72 Å². The highest BCUT2D eigenvalue weighted by Crippen LogP contribution is 2.26. The molecule has 0 saturated heterocycles. The summed E-state index contributed by atoms with van der Waals surface area (Å²) in [5, 5.41) is 14.8. The molecule has 1 aromatic rings. The Hall–Kier alpha value is -1.43. The van der Waals surface area contributed by atoms with Gasteiger partial charge in [-0.05, 0) is 37.3 Å². The fourth-order valence-corrected chi connectivity index (χ4v) is 3.61. The number of alkyl halides is 1. The maximum Gasteiger partial charge on any atom is 0.270 e. The maximum atomic E-state index is 12.4. The lowest BCUT2D eigenvalue weighted by atomic mass is 9.85. The van der Waals surface area contributed by atoms with Crippen molar-refractivity contribution in [3.8, 4) is 0 Å². The second-order valence-electron chi connectivity index (χ2n) is 5.59. The minimum Gasteiger partial charge on any atom is -0.349 e. The summed E-state index contributed by atoms with van der Waals surface area (Å²) in [5.74, 6) is 0.210. The van der Waals surface area contributed by atoms with Crippen molar-refractivity contribution in [3.63, 3.8) is 0 Å². The summed E-state index contributed by atoms with van der Waals surface area (Å²) in [6.07, 6.45) is 4.38. The van der Waals surface area contributed by atoms with E-state index in [1.165, 1.54) is 18.6 Å². The lowest BCUT2D eigenvalue weighted by Gasteiger charge is -2.31. The minimum absolute atomic E-state index is 0.0409. The third-order valence-corrected chi connectivity index (χ3v) is 4.79. The molecule has 6 heteroatoms. The van der Waals surface area contributed by atoms with Gasteiger partial charge in [0.1, 0.15) is 0 Å². The molecule has 0 bridgehead atoms. The van der Waals surface area contributed by atoms with E-state index in [0.29, 0.717) is 11.5 Å². The van der Waals surface area contributed by atoms with Crippen molar-refractivity contribution in [3.05, 3.63) is 39.4 Å². The molecule has 1 saturated carbocycles. The number of non-ortho nitro benzene ring substituents is 1. The fourth-order valence-electron chi connectivity index (χ4n) is 2.83. The number of amides is 1. The van der Waals surface area contributed by atoms with Crippen LogP contribution in [0.1, 0.15) is 41.6 Å². The van der Waals surface area contributed by atoms with Crippen LogP contribution in [0.25, 0.3) is 0 Å². The van der Waals surface area contributed by atoms with Gasteiger partial charge in [-0.15, -0.1) is 0 Å². The van der Waals surface area contributed by atoms with E-state index in [1.807, 2.05) is 0 Å². The first-order valence-electron chi connectivity index (χ1n) is 7.14. The predicted octanol–water partition coefficient (Wildman–Crippen LogP) is 3.59. The van der Waals surface area contributed by atoms with Crippen molar-refractivity contribution in [1.29, 1.82) is 0 Å². The molecule has 21 heavy (non-hydrogen) atoms. The highest BCUT2D eigenvalue weighted by Gasteiger charge is 2.26. The number of carbonyl (C=O) groups excluding carboxylic acids is 1. The number of nitro benzene ring substituents is 1. The lowest BCUT2D eigenvalue weighted by molar-refractivity contribution is -0.384. The van der Waals surface area contributed by atoms with E-state index in [0.717, 1.165) is 30.2 Å². The Bertz CT molecular complexity index is 548. The van der Waals surface area contributed by atoms with Crippen LogP contribution in [-0.4, -0.2) is 22.2 Å². The zero-order valence-corrected chi connectivity index (χ0v) is 13.6. The topological polar surface area (TPSA) is 72.2 Å². The van der Waals surface area contributed by atoms with Gasteiger partial charge in [0.05, 0.1) is 4.92 Å². The van der Waals surface area contributed by atoms with Crippen LogP contribution in [0.3, 0.4) is 0 Å². The first-order chi connectivity index (χ1) is 10.0. The molecule has 114 valence electrons.